The monoisotopic (exact) mass is 423 g/mol. The van der Waals surface area contributed by atoms with Crippen molar-refractivity contribution in [3.63, 3.8) is 0 Å². The van der Waals surface area contributed by atoms with E-state index in [0.29, 0.717) is 17.2 Å². The van der Waals surface area contributed by atoms with Crippen molar-refractivity contribution >= 4 is 27.9 Å². The molecule has 0 fully saturated rings. The predicted octanol–water partition coefficient (Wildman–Crippen LogP) is 4.27. The number of nitrogens with one attached hydrogen (secondary N) is 1. The van der Waals surface area contributed by atoms with Gasteiger partial charge in [0.15, 0.2) is 16.5 Å². The fourth-order valence-corrected chi connectivity index (χ4v) is 3.92. The highest BCUT2D eigenvalue weighted by atomic mass is 32.1. The molecule has 0 saturated heterocycles. The molecule has 0 aliphatic rings. The van der Waals surface area contributed by atoms with Crippen LogP contribution in [0.3, 0.4) is 0 Å². The summed E-state index contributed by atoms with van der Waals surface area (Å²) in [5.41, 5.74) is 3.37. The van der Waals surface area contributed by atoms with Crippen molar-refractivity contribution in [1.29, 1.82) is 0 Å². The molecular weight excluding hydrogens is 402 g/mol. The van der Waals surface area contributed by atoms with E-state index in [9.17, 15) is 4.79 Å². The van der Waals surface area contributed by atoms with Gasteiger partial charge in [0.1, 0.15) is 0 Å². The average molecular weight is 423 g/mol. The molecule has 1 N–H and O–H groups in total. The number of imidazole rings is 1. The Morgan fingerprint density at radius 2 is 1.77 bits per heavy atom. The molecule has 0 bridgehead atoms. The van der Waals surface area contributed by atoms with Gasteiger partial charge in [-0.05, 0) is 29.8 Å². The Morgan fingerprint density at radius 1 is 1.07 bits per heavy atom. The number of ether oxygens (including phenoxy) is 3. The van der Waals surface area contributed by atoms with Gasteiger partial charge >= 0.3 is 0 Å². The number of carbonyl (C=O) groups excluding carboxylic acids is 1. The second-order valence-corrected chi connectivity index (χ2v) is 7.43. The van der Waals surface area contributed by atoms with Crippen LogP contribution in [-0.4, -0.2) is 36.6 Å². The van der Waals surface area contributed by atoms with Crippen LogP contribution in [0.25, 0.3) is 16.2 Å². The third kappa shape index (κ3) is 3.95. The quantitative estimate of drug-likeness (QED) is 0.481. The molecule has 0 unspecified atom stereocenters. The van der Waals surface area contributed by atoms with Crippen LogP contribution in [0.15, 0.2) is 54.2 Å². The van der Waals surface area contributed by atoms with Crippen LogP contribution in [0.4, 0.5) is 5.69 Å². The highest BCUT2D eigenvalue weighted by Crippen LogP contribution is 2.38. The van der Waals surface area contributed by atoms with Gasteiger partial charge in [0, 0.05) is 29.0 Å². The lowest BCUT2D eigenvalue weighted by Crippen LogP contribution is -2.14. The van der Waals surface area contributed by atoms with E-state index in [1.807, 2.05) is 46.4 Å². The van der Waals surface area contributed by atoms with Crippen molar-refractivity contribution in [2.24, 2.45) is 0 Å². The first-order chi connectivity index (χ1) is 14.6. The summed E-state index contributed by atoms with van der Waals surface area (Å²) in [6.07, 6.45) is 4.15. The van der Waals surface area contributed by atoms with Crippen LogP contribution in [0.1, 0.15) is 5.56 Å². The molecule has 2 aromatic carbocycles. The van der Waals surface area contributed by atoms with Crippen LogP contribution < -0.4 is 19.5 Å². The van der Waals surface area contributed by atoms with Gasteiger partial charge in [-0.2, -0.15) is 0 Å². The van der Waals surface area contributed by atoms with Crippen molar-refractivity contribution in [3.05, 3.63) is 59.7 Å². The molecule has 8 heteroatoms. The second-order valence-electron chi connectivity index (χ2n) is 6.55. The summed E-state index contributed by atoms with van der Waals surface area (Å²) in [5, 5.41) is 4.92. The van der Waals surface area contributed by atoms with E-state index >= 15 is 0 Å². The molecule has 4 aromatic rings. The molecule has 4 rings (SSSR count). The first kappa shape index (κ1) is 19.8. The number of rotatable bonds is 7. The first-order valence-electron chi connectivity index (χ1n) is 9.22. The summed E-state index contributed by atoms with van der Waals surface area (Å²) < 4.78 is 18.0. The molecular formula is C22H21N3O4S. The van der Waals surface area contributed by atoms with Gasteiger partial charge in [-0.15, -0.1) is 11.3 Å². The van der Waals surface area contributed by atoms with E-state index in [1.54, 1.807) is 44.8 Å². The van der Waals surface area contributed by atoms with Gasteiger partial charge in [0.2, 0.25) is 11.7 Å². The number of carbonyl (C=O) groups is 1. The topological polar surface area (TPSA) is 74.1 Å². The third-order valence-electron chi connectivity index (χ3n) is 4.65. The normalized spacial score (nSPS) is 10.8. The van der Waals surface area contributed by atoms with Gasteiger partial charge in [0.25, 0.3) is 0 Å². The predicted molar refractivity (Wildman–Crippen MR) is 117 cm³/mol. The van der Waals surface area contributed by atoms with Crippen molar-refractivity contribution in [1.82, 2.24) is 9.38 Å². The SMILES string of the molecule is COc1cc(CC(=O)Nc2ccc(-c3cn4ccsc4n3)cc2)cc(OC)c1OC. The first-order valence-corrected chi connectivity index (χ1v) is 10.1. The summed E-state index contributed by atoms with van der Waals surface area (Å²) in [7, 11) is 4.64. The lowest BCUT2D eigenvalue weighted by molar-refractivity contribution is -0.115. The fourth-order valence-electron chi connectivity index (χ4n) is 3.22. The maximum absolute atomic E-state index is 12.5. The summed E-state index contributed by atoms with van der Waals surface area (Å²) in [6, 6.07) is 11.2. The number of thiazole rings is 1. The molecule has 1 amide bonds. The summed E-state index contributed by atoms with van der Waals surface area (Å²) in [6.45, 7) is 0. The van der Waals surface area contributed by atoms with Crippen molar-refractivity contribution in [2.45, 2.75) is 6.42 Å². The highest BCUT2D eigenvalue weighted by molar-refractivity contribution is 7.15. The van der Waals surface area contributed by atoms with E-state index in [1.165, 1.54) is 0 Å². The summed E-state index contributed by atoms with van der Waals surface area (Å²) in [4.78, 5) is 18.1. The lowest BCUT2D eigenvalue weighted by Gasteiger charge is -2.14. The van der Waals surface area contributed by atoms with Crippen LogP contribution in [0, 0.1) is 0 Å². The molecule has 154 valence electrons. The molecule has 0 aliphatic carbocycles. The van der Waals surface area contributed by atoms with E-state index in [2.05, 4.69) is 10.3 Å². The molecule has 2 aromatic heterocycles. The minimum Gasteiger partial charge on any atom is -0.493 e. The zero-order valence-electron chi connectivity index (χ0n) is 16.8. The summed E-state index contributed by atoms with van der Waals surface area (Å²) >= 11 is 1.59. The Bertz CT molecular complexity index is 1130. The number of aromatic nitrogens is 2. The fraction of sp³-hybridized carbons (Fsp3) is 0.182. The van der Waals surface area contributed by atoms with Crippen molar-refractivity contribution < 1.29 is 19.0 Å². The van der Waals surface area contributed by atoms with E-state index in [4.69, 9.17) is 14.2 Å². The van der Waals surface area contributed by atoms with Crippen LogP contribution >= 0.6 is 11.3 Å². The largest absolute Gasteiger partial charge is 0.493 e. The maximum Gasteiger partial charge on any atom is 0.228 e. The minimum absolute atomic E-state index is 0.139. The molecule has 0 atom stereocenters. The summed E-state index contributed by atoms with van der Waals surface area (Å²) in [5.74, 6) is 1.39. The zero-order valence-corrected chi connectivity index (χ0v) is 17.7. The molecule has 0 spiro atoms. The Hall–Kier alpha value is -3.52. The van der Waals surface area contributed by atoms with Gasteiger partial charge in [-0.3, -0.25) is 9.20 Å². The number of methoxy groups -OCH3 is 3. The van der Waals surface area contributed by atoms with Gasteiger partial charge in [-0.25, -0.2) is 4.98 Å². The smallest absolute Gasteiger partial charge is 0.228 e. The standard InChI is InChI=1S/C22H21N3O4S/c1-27-18-10-14(11-19(28-2)21(18)29-3)12-20(26)23-16-6-4-15(5-7-16)17-13-25-8-9-30-22(25)24-17/h4-11,13H,12H2,1-3H3,(H,23,26). The molecule has 0 saturated carbocycles. The Morgan fingerprint density at radius 3 is 2.37 bits per heavy atom. The lowest BCUT2D eigenvalue weighted by atomic mass is 10.1. The number of anilines is 1. The molecule has 2 heterocycles. The number of amides is 1. The molecule has 0 aliphatic heterocycles. The van der Waals surface area contributed by atoms with Crippen molar-refractivity contribution in [3.8, 4) is 28.5 Å². The second kappa shape index (κ2) is 8.46. The van der Waals surface area contributed by atoms with Crippen LogP contribution in [0.5, 0.6) is 17.2 Å². The number of fused-ring (bicyclic) bond motifs is 1. The Kier molecular flexibility index (Phi) is 5.58. The minimum atomic E-state index is -0.139. The van der Waals surface area contributed by atoms with Crippen LogP contribution in [-0.2, 0) is 11.2 Å². The Balaban J connectivity index is 1.45. The molecule has 7 nitrogen and oxygen atoms in total. The average Bonchev–Trinajstić information content (AvgIpc) is 3.36. The van der Waals surface area contributed by atoms with E-state index in [0.717, 1.165) is 27.5 Å². The number of nitrogens with zero attached hydrogens (tertiary/aromatic N) is 2. The molecule has 0 radical (unpaired) electrons. The zero-order chi connectivity index (χ0) is 21.1. The highest BCUT2D eigenvalue weighted by Gasteiger charge is 2.15. The maximum atomic E-state index is 12.5. The van der Waals surface area contributed by atoms with Gasteiger partial charge in [0.05, 0.1) is 33.4 Å². The van der Waals surface area contributed by atoms with E-state index < -0.39 is 0 Å². The van der Waals surface area contributed by atoms with Crippen LogP contribution in [0.2, 0.25) is 0 Å². The van der Waals surface area contributed by atoms with Gasteiger partial charge < -0.3 is 19.5 Å². The van der Waals surface area contributed by atoms with Gasteiger partial charge in [-0.1, -0.05) is 12.1 Å². The van der Waals surface area contributed by atoms with E-state index in [-0.39, 0.29) is 12.3 Å². The molecule has 30 heavy (non-hydrogen) atoms. The number of hydrogen-bond acceptors (Lipinski definition) is 6. The number of hydrogen-bond donors (Lipinski definition) is 1. The van der Waals surface area contributed by atoms with Crippen molar-refractivity contribution in [2.75, 3.05) is 26.6 Å². The number of benzene rings is 2. The Labute approximate surface area is 177 Å². The third-order valence-corrected chi connectivity index (χ3v) is 5.42.